The van der Waals surface area contributed by atoms with Crippen molar-refractivity contribution in [2.45, 2.75) is 0 Å². The van der Waals surface area contributed by atoms with Gasteiger partial charge in [0.2, 0.25) is 0 Å². The molecule has 0 bridgehead atoms. The zero-order valence-electron chi connectivity index (χ0n) is 3.80. The molecule has 0 rings (SSSR count). The Kier molecular flexibility index (Phi) is 350. The van der Waals surface area contributed by atoms with Crippen molar-refractivity contribution >= 4 is 32.9 Å². The van der Waals surface area contributed by atoms with Gasteiger partial charge in [0.15, 0.2) is 0 Å². The van der Waals surface area contributed by atoms with Gasteiger partial charge >= 0.3 is 32.9 Å². The molecule has 0 aliphatic carbocycles. The van der Waals surface area contributed by atoms with Crippen molar-refractivity contribution in [3.05, 3.63) is 0 Å². The first-order valence-corrected chi connectivity index (χ1v) is 6.45. The monoisotopic (exact) mass is 513 g/mol. The van der Waals surface area contributed by atoms with Crippen LogP contribution < -0.4 is 56.7 Å². The maximum absolute atomic E-state index is 4.81. The van der Waals surface area contributed by atoms with Crippen molar-refractivity contribution in [2.24, 2.45) is 0 Å². The van der Waals surface area contributed by atoms with Gasteiger partial charge in [-0.3, -0.25) is 0 Å². The molecular formula is CH7Br3ClNPb. The SMILES string of the molecule is C[NH3+].[Br-].[Br-].[Br-].[Cl][PbH+2]. The molecule has 0 heterocycles. The molecule has 0 aromatic carbocycles. The molecule has 0 aliphatic rings. The summed E-state index contributed by atoms with van der Waals surface area (Å²) in [6.45, 7) is 0. The third-order valence-corrected chi connectivity index (χ3v) is 0. The van der Waals surface area contributed by atoms with Crippen LogP contribution in [0.1, 0.15) is 0 Å². The van der Waals surface area contributed by atoms with Gasteiger partial charge in [-0.1, -0.05) is 0 Å². The van der Waals surface area contributed by atoms with Gasteiger partial charge in [0.25, 0.3) is 0 Å². The van der Waals surface area contributed by atoms with E-state index in [0.29, 0.717) is 24.5 Å². The molecule has 1 nitrogen and oxygen atoms in total. The Labute approximate surface area is 95.2 Å². The second kappa shape index (κ2) is 73.1. The molecule has 0 saturated carbocycles. The molecule has 0 saturated heterocycles. The maximum atomic E-state index is 4.81. The Hall–Kier alpha value is 2.61. The number of rotatable bonds is 0. The molecule has 0 unspecified atom stereocenters. The summed E-state index contributed by atoms with van der Waals surface area (Å²) < 4.78 is 0. The predicted molar refractivity (Wildman–Crippen MR) is 21.8 cm³/mol. The normalized spacial score (nSPS) is 1.43. The van der Waals surface area contributed by atoms with E-state index in [1.807, 2.05) is 0 Å². The molecular weight excluding hydrogens is 508 g/mol. The summed E-state index contributed by atoms with van der Waals surface area (Å²) >= 11 is 0.639. The number of quaternary nitrogens is 1. The molecule has 0 radical (unpaired) electrons. The molecule has 0 aromatic rings. The first-order valence-electron chi connectivity index (χ1n) is 0.925. The summed E-state index contributed by atoms with van der Waals surface area (Å²) in [4.78, 5) is 0. The van der Waals surface area contributed by atoms with Gasteiger partial charge in [0.05, 0.1) is 7.05 Å². The fourth-order valence-electron chi connectivity index (χ4n) is 0. The van der Waals surface area contributed by atoms with Crippen LogP contribution in [-0.2, 0) is 0 Å². The molecule has 6 heteroatoms. The zero-order valence-corrected chi connectivity index (χ0v) is 13.8. The third kappa shape index (κ3) is 55.2. The zero-order chi connectivity index (χ0) is 4.00. The summed E-state index contributed by atoms with van der Waals surface area (Å²) in [5, 5.41) is 0. The average molecular weight is 515 g/mol. The molecule has 0 spiro atoms. The van der Waals surface area contributed by atoms with Crippen LogP contribution in [0.25, 0.3) is 0 Å². The summed E-state index contributed by atoms with van der Waals surface area (Å²) in [5.74, 6) is 0. The first-order chi connectivity index (χ1) is 2.00. The van der Waals surface area contributed by atoms with Crippen molar-refractivity contribution in [3.63, 3.8) is 0 Å². The van der Waals surface area contributed by atoms with Crippen molar-refractivity contribution in [1.29, 1.82) is 0 Å². The molecule has 0 atom stereocenters. The van der Waals surface area contributed by atoms with Crippen LogP contribution in [0.5, 0.6) is 0 Å². The molecule has 48 valence electrons. The quantitative estimate of drug-likeness (QED) is 0.311. The summed E-state index contributed by atoms with van der Waals surface area (Å²) in [6.07, 6.45) is 0. The van der Waals surface area contributed by atoms with E-state index in [-0.39, 0.29) is 50.9 Å². The van der Waals surface area contributed by atoms with Crippen LogP contribution in [-0.4, -0.2) is 31.6 Å². The van der Waals surface area contributed by atoms with Crippen LogP contribution >= 0.6 is 8.32 Å². The average Bonchev–Trinajstić information content (AvgIpc) is 1.50. The molecule has 7 heavy (non-hydrogen) atoms. The van der Waals surface area contributed by atoms with Crippen molar-refractivity contribution in [3.8, 4) is 0 Å². The Balaban J connectivity index is -0.00000000267. The molecule has 0 aromatic heterocycles. The summed E-state index contributed by atoms with van der Waals surface area (Å²) in [5.41, 5.74) is 3.25. The van der Waals surface area contributed by atoms with Crippen LogP contribution in [0.15, 0.2) is 0 Å². The Morgan fingerprint density at radius 3 is 1.00 bits per heavy atom. The van der Waals surface area contributed by atoms with Crippen LogP contribution in [0.4, 0.5) is 0 Å². The number of halogens is 4. The molecule has 0 amide bonds. The van der Waals surface area contributed by atoms with Gasteiger partial charge < -0.3 is 56.7 Å². The topological polar surface area (TPSA) is 27.6 Å². The van der Waals surface area contributed by atoms with Crippen molar-refractivity contribution < 1.29 is 56.7 Å². The third-order valence-electron chi connectivity index (χ3n) is 0. The van der Waals surface area contributed by atoms with Gasteiger partial charge in [0, 0.05) is 0 Å². The van der Waals surface area contributed by atoms with Gasteiger partial charge in [-0.15, -0.1) is 0 Å². The number of hydrogen-bond donors (Lipinski definition) is 1. The van der Waals surface area contributed by atoms with E-state index in [9.17, 15) is 0 Å². The van der Waals surface area contributed by atoms with E-state index >= 15 is 0 Å². The van der Waals surface area contributed by atoms with E-state index in [1.54, 1.807) is 7.05 Å². The Morgan fingerprint density at radius 2 is 1.00 bits per heavy atom. The van der Waals surface area contributed by atoms with E-state index in [1.165, 1.54) is 0 Å². The summed E-state index contributed by atoms with van der Waals surface area (Å²) in [7, 11) is 6.56. The van der Waals surface area contributed by atoms with E-state index in [4.69, 9.17) is 8.32 Å². The molecule has 0 fully saturated rings. The van der Waals surface area contributed by atoms with Crippen LogP contribution in [0.3, 0.4) is 0 Å². The minimum absolute atomic E-state index is 0. The van der Waals surface area contributed by atoms with Gasteiger partial charge in [-0.05, 0) is 0 Å². The van der Waals surface area contributed by atoms with Crippen LogP contribution in [0, 0.1) is 0 Å². The van der Waals surface area contributed by atoms with Crippen molar-refractivity contribution in [2.75, 3.05) is 7.05 Å². The Bertz CT molecular complexity index is 14.9. The second-order valence-corrected chi connectivity index (χ2v) is 0. The fraction of sp³-hybridized carbons (Fsp3) is 1.00. The van der Waals surface area contributed by atoms with E-state index in [2.05, 4.69) is 5.73 Å². The first kappa shape index (κ1) is 33.5. The number of hydrogen-bond acceptors (Lipinski definition) is 0. The molecule has 0 aliphatic heterocycles. The van der Waals surface area contributed by atoms with E-state index in [0.717, 1.165) is 0 Å². The Morgan fingerprint density at radius 1 is 1.00 bits per heavy atom. The fourth-order valence-corrected chi connectivity index (χ4v) is 0. The second-order valence-electron chi connectivity index (χ2n) is 0. The minimum atomic E-state index is 0. The van der Waals surface area contributed by atoms with Gasteiger partial charge in [-0.2, -0.15) is 0 Å². The van der Waals surface area contributed by atoms with Gasteiger partial charge in [0.1, 0.15) is 0 Å². The predicted octanol–water partition coefficient (Wildman–Crippen LogP) is -10.1. The van der Waals surface area contributed by atoms with Crippen molar-refractivity contribution in [1.82, 2.24) is 0 Å². The van der Waals surface area contributed by atoms with E-state index < -0.39 is 0 Å². The standard InChI is InChI=1S/CH5N.3BrH.ClH.Pb.H/c1-2;;;;;;/h2H2,1H3;4*1H;;/q;;;;;+3;/p-3. The summed E-state index contributed by atoms with van der Waals surface area (Å²) in [6, 6.07) is 0. The molecule has 3 N–H and O–H groups in total. The van der Waals surface area contributed by atoms with Gasteiger partial charge in [-0.25, -0.2) is 0 Å². The van der Waals surface area contributed by atoms with Crippen LogP contribution in [0.2, 0.25) is 0 Å².